The Morgan fingerprint density at radius 1 is 1.11 bits per heavy atom. The SMILES string of the molecule is O=C(/C=C/C1Cc2cc(-c3ccc(C(=O)N4CCOCC4)cc3)cc(Cl)c2O1)NCc1cccnc1. The van der Waals surface area contributed by atoms with E-state index in [4.69, 9.17) is 21.1 Å². The van der Waals surface area contributed by atoms with Crippen LogP contribution >= 0.6 is 11.6 Å². The molecule has 1 fully saturated rings. The number of benzene rings is 2. The van der Waals surface area contributed by atoms with E-state index in [0.29, 0.717) is 55.6 Å². The van der Waals surface area contributed by atoms with Gasteiger partial charge >= 0.3 is 0 Å². The average Bonchev–Trinajstić information content (AvgIpc) is 3.35. The number of nitrogens with one attached hydrogen (secondary N) is 1. The van der Waals surface area contributed by atoms with Crippen molar-refractivity contribution in [1.82, 2.24) is 15.2 Å². The van der Waals surface area contributed by atoms with Crippen molar-refractivity contribution in [2.24, 2.45) is 0 Å². The van der Waals surface area contributed by atoms with Crippen LogP contribution in [0, 0.1) is 0 Å². The number of halogens is 1. The van der Waals surface area contributed by atoms with Crippen LogP contribution < -0.4 is 10.1 Å². The number of aromatic nitrogens is 1. The van der Waals surface area contributed by atoms with Gasteiger partial charge in [-0.3, -0.25) is 14.6 Å². The Bertz CT molecular complexity index is 1270. The molecule has 184 valence electrons. The first-order valence-electron chi connectivity index (χ1n) is 11.9. The number of pyridine rings is 1. The van der Waals surface area contributed by atoms with Crippen LogP contribution in [0.15, 0.2) is 73.1 Å². The topological polar surface area (TPSA) is 80.8 Å². The highest BCUT2D eigenvalue weighted by atomic mass is 35.5. The summed E-state index contributed by atoms with van der Waals surface area (Å²) in [6.07, 6.45) is 7.00. The zero-order valence-electron chi connectivity index (χ0n) is 19.7. The van der Waals surface area contributed by atoms with Crippen molar-refractivity contribution < 1.29 is 19.1 Å². The van der Waals surface area contributed by atoms with Crippen LogP contribution in [0.5, 0.6) is 5.75 Å². The smallest absolute Gasteiger partial charge is 0.254 e. The highest BCUT2D eigenvalue weighted by Crippen LogP contribution is 2.40. The molecule has 5 rings (SSSR count). The highest BCUT2D eigenvalue weighted by Gasteiger charge is 2.25. The van der Waals surface area contributed by atoms with Gasteiger partial charge in [-0.15, -0.1) is 0 Å². The summed E-state index contributed by atoms with van der Waals surface area (Å²) in [5, 5.41) is 3.36. The van der Waals surface area contributed by atoms with Crippen molar-refractivity contribution >= 4 is 23.4 Å². The molecule has 1 aromatic heterocycles. The molecule has 8 heteroatoms. The normalized spacial score (nSPS) is 17.0. The lowest BCUT2D eigenvalue weighted by Gasteiger charge is -2.26. The quantitative estimate of drug-likeness (QED) is 0.513. The van der Waals surface area contributed by atoms with E-state index >= 15 is 0 Å². The van der Waals surface area contributed by atoms with Crippen molar-refractivity contribution in [1.29, 1.82) is 0 Å². The molecule has 2 aliphatic heterocycles. The molecule has 1 saturated heterocycles. The predicted octanol–water partition coefficient (Wildman–Crippen LogP) is 4.05. The lowest BCUT2D eigenvalue weighted by Crippen LogP contribution is -2.40. The highest BCUT2D eigenvalue weighted by molar-refractivity contribution is 6.32. The maximum atomic E-state index is 12.7. The Morgan fingerprint density at radius 2 is 1.92 bits per heavy atom. The van der Waals surface area contributed by atoms with Crippen LogP contribution in [-0.2, 0) is 22.5 Å². The largest absolute Gasteiger partial charge is 0.484 e. The molecule has 0 radical (unpaired) electrons. The molecule has 0 spiro atoms. The second kappa shape index (κ2) is 10.9. The minimum Gasteiger partial charge on any atom is -0.484 e. The number of rotatable bonds is 6. The van der Waals surface area contributed by atoms with E-state index in [0.717, 1.165) is 22.3 Å². The van der Waals surface area contributed by atoms with Crippen molar-refractivity contribution in [2.45, 2.75) is 19.1 Å². The average molecular weight is 504 g/mol. The number of nitrogens with zero attached hydrogens (tertiary/aromatic N) is 2. The first-order valence-corrected chi connectivity index (χ1v) is 12.3. The fourth-order valence-electron chi connectivity index (χ4n) is 4.32. The number of carbonyl (C=O) groups is 2. The number of morpholine rings is 1. The summed E-state index contributed by atoms with van der Waals surface area (Å²) in [6, 6.07) is 15.2. The van der Waals surface area contributed by atoms with Crippen molar-refractivity contribution in [3.63, 3.8) is 0 Å². The van der Waals surface area contributed by atoms with Gasteiger partial charge in [-0.2, -0.15) is 0 Å². The van der Waals surface area contributed by atoms with Gasteiger partial charge in [-0.1, -0.05) is 29.8 Å². The summed E-state index contributed by atoms with van der Waals surface area (Å²) in [4.78, 5) is 30.8. The number of fused-ring (bicyclic) bond motifs is 1. The van der Waals surface area contributed by atoms with E-state index in [2.05, 4.69) is 16.4 Å². The Labute approximate surface area is 214 Å². The summed E-state index contributed by atoms with van der Waals surface area (Å²) < 4.78 is 11.3. The van der Waals surface area contributed by atoms with Gasteiger partial charge in [0.05, 0.1) is 18.2 Å². The molecule has 0 aliphatic carbocycles. The van der Waals surface area contributed by atoms with E-state index < -0.39 is 0 Å². The molecule has 3 aromatic rings. The molecule has 1 unspecified atom stereocenters. The third kappa shape index (κ3) is 5.58. The van der Waals surface area contributed by atoms with Crippen LogP contribution in [0.4, 0.5) is 0 Å². The van der Waals surface area contributed by atoms with Crippen LogP contribution in [0.1, 0.15) is 21.5 Å². The van der Waals surface area contributed by atoms with Crippen molar-refractivity contribution in [3.8, 4) is 16.9 Å². The standard InChI is InChI=1S/C28H26ClN3O4/c29-25-16-22(20-3-5-21(6-4-20)28(34)32-10-12-35-13-11-32)14-23-15-24(36-27(23)25)7-8-26(33)31-18-19-2-1-9-30-17-19/h1-9,14,16-17,24H,10-13,15,18H2,(H,31,33)/b8-7+. The second-order valence-corrected chi connectivity index (χ2v) is 9.13. The molecule has 2 amide bonds. The number of hydrogen-bond donors (Lipinski definition) is 1. The van der Waals surface area contributed by atoms with Crippen LogP contribution in [0.3, 0.4) is 0 Å². The molecule has 1 atom stereocenters. The minimum absolute atomic E-state index is 0.0179. The Kier molecular flexibility index (Phi) is 7.30. The van der Waals surface area contributed by atoms with Gasteiger partial charge in [-0.05, 0) is 53.1 Å². The van der Waals surface area contributed by atoms with Crippen molar-refractivity contribution in [2.75, 3.05) is 26.3 Å². The predicted molar refractivity (Wildman–Crippen MR) is 137 cm³/mol. The first kappa shape index (κ1) is 24.0. The third-order valence-electron chi connectivity index (χ3n) is 6.23. The monoisotopic (exact) mass is 503 g/mol. The Morgan fingerprint density at radius 3 is 2.67 bits per heavy atom. The molecule has 3 heterocycles. The number of hydrogen-bond acceptors (Lipinski definition) is 5. The van der Waals surface area contributed by atoms with Gasteiger partial charge in [0.1, 0.15) is 11.9 Å². The maximum absolute atomic E-state index is 12.7. The van der Waals surface area contributed by atoms with E-state index in [9.17, 15) is 9.59 Å². The molecule has 0 bridgehead atoms. The number of carbonyl (C=O) groups excluding carboxylic acids is 2. The molecular formula is C28H26ClN3O4. The van der Waals surface area contributed by atoms with Gasteiger partial charge in [0.15, 0.2) is 0 Å². The van der Waals surface area contributed by atoms with Crippen LogP contribution in [0.25, 0.3) is 11.1 Å². The maximum Gasteiger partial charge on any atom is 0.254 e. The number of amides is 2. The summed E-state index contributed by atoms with van der Waals surface area (Å²) in [6.45, 7) is 2.79. The van der Waals surface area contributed by atoms with Gasteiger partial charge in [0.2, 0.25) is 5.91 Å². The fraction of sp³-hybridized carbons (Fsp3) is 0.250. The van der Waals surface area contributed by atoms with Gasteiger partial charge in [-0.25, -0.2) is 0 Å². The van der Waals surface area contributed by atoms with E-state index in [1.165, 1.54) is 6.08 Å². The molecule has 2 aromatic carbocycles. The zero-order chi connectivity index (χ0) is 24.9. The van der Waals surface area contributed by atoms with Crippen LogP contribution in [0.2, 0.25) is 5.02 Å². The van der Waals surface area contributed by atoms with Gasteiger partial charge in [0, 0.05) is 55.7 Å². The Balaban J connectivity index is 1.22. The summed E-state index contributed by atoms with van der Waals surface area (Å²) >= 11 is 6.55. The van der Waals surface area contributed by atoms with Gasteiger partial charge < -0.3 is 19.7 Å². The summed E-state index contributed by atoms with van der Waals surface area (Å²) in [5.74, 6) is 0.464. The second-order valence-electron chi connectivity index (χ2n) is 8.73. The van der Waals surface area contributed by atoms with E-state index in [1.807, 2.05) is 47.4 Å². The Hall–Kier alpha value is -3.68. The molecular weight excluding hydrogens is 478 g/mol. The van der Waals surface area contributed by atoms with E-state index in [1.54, 1.807) is 18.5 Å². The molecule has 0 saturated carbocycles. The lowest BCUT2D eigenvalue weighted by atomic mass is 9.99. The molecule has 2 aliphatic rings. The van der Waals surface area contributed by atoms with Crippen molar-refractivity contribution in [3.05, 3.63) is 94.8 Å². The lowest BCUT2D eigenvalue weighted by molar-refractivity contribution is -0.116. The summed E-state index contributed by atoms with van der Waals surface area (Å²) in [7, 11) is 0. The van der Waals surface area contributed by atoms with E-state index in [-0.39, 0.29) is 17.9 Å². The fourth-order valence-corrected chi connectivity index (χ4v) is 4.60. The third-order valence-corrected chi connectivity index (χ3v) is 6.51. The molecule has 7 nitrogen and oxygen atoms in total. The minimum atomic E-state index is -0.273. The summed E-state index contributed by atoms with van der Waals surface area (Å²) in [5.41, 5.74) is 4.49. The zero-order valence-corrected chi connectivity index (χ0v) is 20.4. The van der Waals surface area contributed by atoms with Crippen LogP contribution in [-0.4, -0.2) is 54.1 Å². The molecule has 36 heavy (non-hydrogen) atoms. The first-order chi connectivity index (χ1) is 17.6. The van der Waals surface area contributed by atoms with Gasteiger partial charge in [0.25, 0.3) is 5.91 Å². The molecule has 1 N–H and O–H groups in total. The number of ether oxygens (including phenoxy) is 2.